The zero-order valence-corrected chi connectivity index (χ0v) is 13.4. The van der Waals surface area contributed by atoms with Gasteiger partial charge in [-0.3, -0.25) is 0 Å². The molecule has 0 aromatic heterocycles. The molecular formula is C16H18BrNO3. The van der Waals surface area contributed by atoms with Crippen LogP contribution < -0.4 is 19.9 Å². The lowest BCUT2D eigenvalue weighted by Crippen LogP contribution is -2.09. The maximum atomic E-state index is 5.66. The van der Waals surface area contributed by atoms with Crippen molar-refractivity contribution in [2.24, 2.45) is 5.73 Å². The first-order valence-corrected chi connectivity index (χ1v) is 7.40. The van der Waals surface area contributed by atoms with E-state index >= 15 is 0 Å². The standard InChI is InChI=1S/C16H18BrNO3/c1-19-14-6-7-16(15(17)10-14)21-9-8-20-13-4-2-12(11-18)3-5-13/h2-7,10H,8-9,11,18H2,1H3. The number of ether oxygens (including phenoxy) is 3. The van der Waals surface area contributed by atoms with Crippen molar-refractivity contribution in [1.29, 1.82) is 0 Å². The molecule has 112 valence electrons. The Labute approximate surface area is 132 Å². The van der Waals surface area contributed by atoms with Crippen molar-refractivity contribution in [3.05, 3.63) is 52.5 Å². The van der Waals surface area contributed by atoms with Gasteiger partial charge in [0.2, 0.25) is 0 Å². The van der Waals surface area contributed by atoms with Gasteiger partial charge in [0.15, 0.2) is 0 Å². The van der Waals surface area contributed by atoms with Crippen molar-refractivity contribution in [2.45, 2.75) is 6.54 Å². The van der Waals surface area contributed by atoms with Crippen LogP contribution in [-0.2, 0) is 6.54 Å². The highest BCUT2D eigenvalue weighted by atomic mass is 79.9. The normalized spacial score (nSPS) is 10.2. The number of rotatable bonds is 7. The van der Waals surface area contributed by atoms with Gasteiger partial charge >= 0.3 is 0 Å². The maximum Gasteiger partial charge on any atom is 0.133 e. The van der Waals surface area contributed by atoms with E-state index in [4.69, 9.17) is 19.9 Å². The van der Waals surface area contributed by atoms with Crippen molar-refractivity contribution >= 4 is 15.9 Å². The largest absolute Gasteiger partial charge is 0.497 e. The molecule has 4 nitrogen and oxygen atoms in total. The van der Waals surface area contributed by atoms with Crippen LogP contribution in [0.25, 0.3) is 0 Å². The average molecular weight is 352 g/mol. The van der Waals surface area contributed by atoms with E-state index in [0.717, 1.165) is 27.3 Å². The van der Waals surface area contributed by atoms with Crippen molar-refractivity contribution in [2.75, 3.05) is 20.3 Å². The molecule has 0 aliphatic heterocycles. The van der Waals surface area contributed by atoms with E-state index in [1.54, 1.807) is 7.11 Å². The fraction of sp³-hybridized carbons (Fsp3) is 0.250. The first-order valence-electron chi connectivity index (χ1n) is 6.61. The Kier molecular flexibility index (Phi) is 5.90. The molecule has 0 unspecified atom stereocenters. The SMILES string of the molecule is COc1ccc(OCCOc2ccc(CN)cc2)c(Br)c1. The summed E-state index contributed by atoms with van der Waals surface area (Å²) in [5.74, 6) is 2.35. The van der Waals surface area contributed by atoms with Gasteiger partial charge in [0.1, 0.15) is 30.5 Å². The van der Waals surface area contributed by atoms with Gasteiger partial charge in [-0.15, -0.1) is 0 Å². The third kappa shape index (κ3) is 4.65. The number of benzene rings is 2. The van der Waals surface area contributed by atoms with Crippen LogP contribution in [0.5, 0.6) is 17.2 Å². The van der Waals surface area contributed by atoms with Crippen LogP contribution in [0.3, 0.4) is 0 Å². The van der Waals surface area contributed by atoms with E-state index in [9.17, 15) is 0 Å². The number of halogens is 1. The summed E-state index contributed by atoms with van der Waals surface area (Å²) < 4.78 is 17.3. The van der Waals surface area contributed by atoms with Crippen LogP contribution in [0, 0.1) is 0 Å². The lowest BCUT2D eigenvalue weighted by atomic mass is 10.2. The maximum absolute atomic E-state index is 5.66. The Balaban J connectivity index is 1.78. The zero-order chi connectivity index (χ0) is 15.1. The number of hydrogen-bond acceptors (Lipinski definition) is 4. The minimum atomic E-state index is 0.462. The molecule has 0 heterocycles. The van der Waals surface area contributed by atoms with Crippen molar-refractivity contribution < 1.29 is 14.2 Å². The summed E-state index contributed by atoms with van der Waals surface area (Å²) in [4.78, 5) is 0. The van der Waals surface area contributed by atoms with Crippen LogP contribution in [0.2, 0.25) is 0 Å². The molecule has 0 saturated heterocycles. The summed E-state index contributed by atoms with van der Waals surface area (Å²) in [6.45, 7) is 1.47. The predicted octanol–water partition coefficient (Wildman–Crippen LogP) is 3.37. The second-order valence-electron chi connectivity index (χ2n) is 4.34. The first-order chi connectivity index (χ1) is 10.2. The Morgan fingerprint density at radius 3 is 2.24 bits per heavy atom. The minimum absolute atomic E-state index is 0.462. The molecule has 2 aromatic carbocycles. The summed E-state index contributed by atoms with van der Waals surface area (Å²) in [7, 11) is 1.63. The molecule has 0 aliphatic rings. The topological polar surface area (TPSA) is 53.7 Å². The molecule has 0 bridgehead atoms. The molecule has 0 atom stereocenters. The molecule has 2 aromatic rings. The van der Waals surface area contributed by atoms with Crippen molar-refractivity contribution in [1.82, 2.24) is 0 Å². The molecular weight excluding hydrogens is 334 g/mol. The number of methoxy groups -OCH3 is 1. The quantitative estimate of drug-likeness (QED) is 0.777. The zero-order valence-electron chi connectivity index (χ0n) is 11.8. The van der Waals surface area contributed by atoms with Gasteiger partial charge in [0.25, 0.3) is 0 Å². The Hall–Kier alpha value is -1.72. The third-order valence-corrected chi connectivity index (χ3v) is 3.53. The van der Waals surface area contributed by atoms with Gasteiger partial charge < -0.3 is 19.9 Å². The molecule has 2 rings (SSSR count). The fourth-order valence-electron chi connectivity index (χ4n) is 1.76. The lowest BCUT2D eigenvalue weighted by molar-refractivity contribution is 0.216. The molecule has 0 radical (unpaired) electrons. The van der Waals surface area contributed by atoms with Gasteiger partial charge in [0, 0.05) is 6.54 Å². The number of hydrogen-bond donors (Lipinski definition) is 1. The average Bonchev–Trinajstić information content (AvgIpc) is 2.53. The van der Waals surface area contributed by atoms with E-state index < -0.39 is 0 Å². The van der Waals surface area contributed by atoms with Crippen LogP contribution >= 0.6 is 15.9 Å². The van der Waals surface area contributed by atoms with E-state index in [0.29, 0.717) is 19.8 Å². The van der Waals surface area contributed by atoms with Gasteiger partial charge in [-0.25, -0.2) is 0 Å². The summed E-state index contributed by atoms with van der Waals surface area (Å²) in [6, 6.07) is 13.3. The molecule has 5 heteroatoms. The Bertz CT molecular complexity index is 572. The van der Waals surface area contributed by atoms with E-state index in [-0.39, 0.29) is 0 Å². The summed E-state index contributed by atoms with van der Waals surface area (Å²) in [5, 5.41) is 0. The highest BCUT2D eigenvalue weighted by Crippen LogP contribution is 2.29. The van der Waals surface area contributed by atoms with E-state index in [1.807, 2.05) is 42.5 Å². The molecule has 0 fully saturated rings. The predicted molar refractivity (Wildman–Crippen MR) is 86.0 cm³/mol. The van der Waals surface area contributed by atoms with Crippen molar-refractivity contribution in [3.63, 3.8) is 0 Å². The summed E-state index contributed by atoms with van der Waals surface area (Å²) in [6.07, 6.45) is 0. The highest BCUT2D eigenvalue weighted by Gasteiger charge is 2.03. The molecule has 0 saturated carbocycles. The smallest absolute Gasteiger partial charge is 0.133 e. The van der Waals surface area contributed by atoms with E-state index in [2.05, 4.69) is 15.9 Å². The van der Waals surface area contributed by atoms with Gasteiger partial charge in [-0.1, -0.05) is 12.1 Å². The lowest BCUT2D eigenvalue weighted by Gasteiger charge is -2.10. The van der Waals surface area contributed by atoms with Crippen LogP contribution in [-0.4, -0.2) is 20.3 Å². The molecule has 2 N–H and O–H groups in total. The second kappa shape index (κ2) is 7.90. The minimum Gasteiger partial charge on any atom is -0.497 e. The monoisotopic (exact) mass is 351 g/mol. The third-order valence-electron chi connectivity index (χ3n) is 2.91. The number of nitrogens with two attached hydrogens (primary N) is 1. The van der Waals surface area contributed by atoms with Gasteiger partial charge in [0.05, 0.1) is 11.6 Å². The Morgan fingerprint density at radius 1 is 0.952 bits per heavy atom. The highest BCUT2D eigenvalue weighted by molar-refractivity contribution is 9.10. The van der Waals surface area contributed by atoms with Gasteiger partial charge in [-0.2, -0.15) is 0 Å². The molecule has 21 heavy (non-hydrogen) atoms. The van der Waals surface area contributed by atoms with Gasteiger partial charge in [-0.05, 0) is 51.8 Å². The first kappa shape index (κ1) is 15.7. The second-order valence-corrected chi connectivity index (χ2v) is 5.20. The van der Waals surface area contributed by atoms with Crippen LogP contribution in [0.1, 0.15) is 5.56 Å². The molecule has 0 spiro atoms. The molecule has 0 aliphatic carbocycles. The van der Waals surface area contributed by atoms with Crippen LogP contribution in [0.15, 0.2) is 46.9 Å². The summed E-state index contributed by atoms with van der Waals surface area (Å²) in [5.41, 5.74) is 6.63. The van der Waals surface area contributed by atoms with Crippen molar-refractivity contribution in [3.8, 4) is 17.2 Å². The molecule has 0 amide bonds. The Morgan fingerprint density at radius 2 is 1.62 bits per heavy atom. The fourth-order valence-corrected chi connectivity index (χ4v) is 2.23. The van der Waals surface area contributed by atoms with E-state index in [1.165, 1.54) is 0 Å². The van der Waals surface area contributed by atoms with Crippen LogP contribution in [0.4, 0.5) is 0 Å². The summed E-state index contributed by atoms with van der Waals surface area (Å²) >= 11 is 3.44.